The zero-order valence-electron chi connectivity index (χ0n) is 17.4. The number of hydrogen-bond donors (Lipinski definition) is 1. The van der Waals surface area contributed by atoms with Crippen LogP contribution in [-0.2, 0) is 19.7 Å². The molecule has 0 fully saturated rings. The van der Waals surface area contributed by atoms with Gasteiger partial charge in [-0.3, -0.25) is 4.57 Å². The minimum Gasteiger partial charge on any atom is -0.388 e. The van der Waals surface area contributed by atoms with Gasteiger partial charge in [-0.25, -0.2) is 18.6 Å². The summed E-state index contributed by atoms with van der Waals surface area (Å²) >= 11 is 5.91. The van der Waals surface area contributed by atoms with E-state index < -0.39 is 48.4 Å². The zero-order valence-corrected chi connectivity index (χ0v) is 18.2. The van der Waals surface area contributed by atoms with Crippen molar-refractivity contribution in [2.75, 3.05) is 0 Å². The van der Waals surface area contributed by atoms with Crippen LogP contribution in [0.15, 0.2) is 29.2 Å². The number of aromatic nitrogens is 5. The van der Waals surface area contributed by atoms with Crippen LogP contribution < -0.4 is 5.69 Å². The molecule has 0 saturated carbocycles. The highest BCUT2D eigenvalue weighted by Crippen LogP contribution is 2.31. The maximum atomic E-state index is 15.2. The van der Waals surface area contributed by atoms with Gasteiger partial charge in [-0.1, -0.05) is 24.6 Å². The van der Waals surface area contributed by atoms with Gasteiger partial charge in [0.2, 0.25) is 0 Å². The number of imidazole rings is 1. The smallest absolute Gasteiger partial charge is 0.388 e. The molecule has 7 nitrogen and oxygen atoms in total. The van der Waals surface area contributed by atoms with Crippen molar-refractivity contribution in [1.82, 2.24) is 23.9 Å². The van der Waals surface area contributed by atoms with Crippen LogP contribution in [-0.4, -0.2) is 35.2 Å². The van der Waals surface area contributed by atoms with E-state index >= 15 is 4.39 Å². The molecule has 1 atom stereocenters. The summed E-state index contributed by atoms with van der Waals surface area (Å²) in [6.45, 7) is 1.22. The van der Waals surface area contributed by atoms with Gasteiger partial charge < -0.3 is 9.67 Å². The molecule has 0 saturated heterocycles. The molecule has 2 aromatic heterocycles. The van der Waals surface area contributed by atoms with Crippen molar-refractivity contribution < 1.29 is 27.1 Å². The van der Waals surface area contributed by atoms with E-state index in [0.717, 1.165) is 33.0 Å². The lowest BCUT2D eigenvalue weighted by Crippen LogP contribution is -2.29. The van der Waals surface area contributed by atoms with E-state index in [1.807, 2.05) is 0 Å². The van der Waals surface area contributed by atoms with Gasteiger partial charge in [-0.15, -0.1) is 5.10 Å². The second kappa shape index (κ2) is 9.48. The second-order valence-corrected chi connectivity index (χ2v) is 7.54. The van der Waals surface area contributed by atoms with Crippen molar-refractivity contribution in [2.45, 2.75) is 39.7 Å². The third kappa shape index (κ3) is 4.86. The second-order valence-electron chi connectivity index (χ2n) is 7.13. The molecule has 13 heteroatoms. The molecule has 3 rings (SSSR count). The van der Waals surface area contributed by atoms with Crippen molar-refractivity contribution in [3.63, 3.8) is 0 Å². The number of aliphatic hydroxyl groups excluding tert-OH is 1. The fourth-order valence-corrected chi connectivity index (χ4v) is 3.36. The van der Waals surface area contributed by atoms with E-state index in [1.165, 1.54) is 12.1 Å². The van der Waals surface area contributed by atoms with Crippen molar-refractivity contribution in [2.24, 2.45) is 5.92 Å². The monoisotopic (exact) mass is 491 g/mol. The topological polar surface area (TPSA) is 77.9 Å². The van der Waals surface area contributed by atoms with E-state index in [2.05, 4.69) is 10.1 Å². The number of halogens is 6. The minimum absolute atomic E-state index is 0.0326. The van der Waals surface area contributed by atoms with E-state index in [4.69, 9.17) is 11.6 Å². The minimum atomic E-state index is -4.63. The average molecular weight is 492 g/mol. The summed E-state index contributed by atoms with van der Waals surface area (Å²) in [7, 11) is 0. The van der Waals surface area contributed by atoms with Gasteiger partial charge in [0.1, 0.15) is 12.4 Å². The highest BCUT2D eigenvalue weighted by molar-refractivity contribution is 6.32. The molecule has 33 heavy (non-hydrogen) atoms. The summed E-state index contributed by atoms with van der Waals surface area (Å²) in [6, 6.07) is 3.68. The number of nitrogens with zero attached hydrogens (tertiary/aromatic N) is 5. The van der Waals surface area contributed by atoms with Gasteiger partial charge in [0, 0.05) is 18.7 Å². The predicted octanol–water partition coefficient (Wildman–Crippen LogP) is 4.20. The average Bonchev–Trinajstić information content (AvgIpc) is 3.30. The fourth-order valence-electron chi connectivity index (χ4n) is 3.14. The molecule has 2 heterocycles. The summed E-state index contributed by atoms with van der Waals surface area (Å²) in [5, 5.41) is 13.3. The molecule has 0 aliphatic carbocycles. The van der Waals surface area contributed by atoms with Crippen molar-refractivity contribution in [3.05, 3.63) is 62.9 Å². The predicted molar refractivity (Wildman–Crippen MR) is 111 cm³/mol. The molecule has 1 aromatic carbocycles. The Labute approximate surface area is 189 Å². The lowest BCUT2D eigenvalue weighted by molar-refractivity contribution is -0.172. The van der Waals surface area contributed by atoms with Crippen molar-refractivity contribution >= 4 is 23.5 Å². The zero-order chi connectivity index (χ0) is 24.5. The molecule has 0 bridgehead atoms. The third-order valence-corrected chi connectivity index (χ3v) is 5.28. The molecular formula is C20H19ClF5N5O2. The van der Waals surface area contributed by atoms with Crippen LogP contribution >= 0.6 is 11.6 Å². The molecule has 0 amide bonds. The Morgan fingerprint density at radius 1 is 1.30 bits per heavy atom. The summed E-state index contributed by atoms with van der Waals surface area (Å²) in [5.41, 5.74) is -1.07. The molecule has 1 N–H and O–H groups in total. The Hall–Kier alpha value is -2.99. The first-order valence-electron chi connectivity index (χ1n) is 9.73. The van der Waals surface area contributed by atoms with Crippen LogP contribution in [0.5, 0.6) is 0 Å². The Kier molecular flexibility index (Phi) is 7.08. The first-order chi connectivity index (χ1) is 15.5. The van der Waals surface area contributed by atoms with Gasteiger partial charge in [-0.05, 0) is 25.1 Å². The molecular weight excluding hydrogens is 473 g/mol. The normalized spacial score (nSPS) is 13.5. The molecule has 0 aliphatic heterocycles. The number of benzene rings is 1. The lowest BCUT2D eigenvalue weighted by atomic mass is 10.1. The number of rotatable bonds is 7. The highest BCUT2D eigenvalue weighted by atomic mass is 35.5. The van der Waals surface area contributed by atoms with Crippen molar-refractivity contribution in [3.8, 4) is 5.82 Å². The van der Waals surface area contributed by atoms with Crippen LogP contribution in [0.3, 0.4) is 0 Å². The largest absolute Gasteiger partial charge is 0.393 e. The van der Waals surface area contributed by atoms with Gasteiger partial charge in [0.15, 0.2) is 23.3 Å². The lowest BCUT2D eigenvalue weighted by Gasteiger charge is -2.19. The Bertz CT molecular complexity index is 1220. The van der Waals surface area contributed by atoms with E-state index in [9.17, 15) is 27.5 Å². The molecule has 178 valence electrons. The summed E-state index contributed by atoms with van der Waals surface area (Å²) in [6.07, 6.45) is -2.94. The number of hydrogen-bond acceptors (Lipinski definition) is 4. The van der Waals surface area contributed by atoms with Gasteiger partial charge in [0.25, 0.3) is 0 Å². The van der Waals surface area contributed by atoms with Crippen LogP contribution in [0.25, 0.3) is 17.7 Å². The SMILES string of the molecule is CCn1c(CO)nn(-c2cnc(/C(F)=C/c3c(F)cccc3Cl)n2C[C@@H](C)C(F)(F)F)c1=O. The molecule has 3 aromatic rings. The summed E-state index contributed by atoms with van der Waals surface area (Å²) in [5.74, 6) is -4.83. The quantitative estimate of drug-likeness (QED) is 0.502. The first kappa shape index (κ1) is 24.6. The molecule has 0 spiro atoms. The Morgan fingerprint density at radius 2 is 2.00 bits per heavy atom. The highest BCUT2D eigenvalue weighted by Gasteiger charge is 2.37. The van der Waals surface area contributed by atoms with Crippen LogP contribution in [0, 0.1) is 11.7 Å². The van der Waals surface area contributed by atoms with E-state index in [1.54, 1.807) is 6.92 Å². The molecule has 0 radical (unpaired) electrons. The van der Waals surface area contributed by atoms with Crippen LogP contribution in [0.4, 0.5) is 22.0 Å². The molecule has 0 unspecified atom stereocenters. The van der Waals surface area contributed by atoms with Gasteiger partial charge in [0.05, 0.1) is 17.1 Å². The van der Waals surface area contributed by atoms with Crippen LogP contribution in [0.1, 0.15) is 31.1 Å². The summed E-state index contributed by atoms with van der Waals surface area (Å²) in [4.78, 5) is 16.5. The standard InChI is InChI=1S/C20H19ClF5N5O2/c1-3-29-16(10-32)28-31(19(29)33)17-8-27-18(30(17)9-11(2)20(24,25)26)15(23)7-12-13(21)5-4-6-14(12)22/h4-8,11,32H,3,9-10H2,1-2H3/b15-7-/t11-/m1/s1. The fraction of sp³-hybridized carbons (Fsp3) is 0.350. The first-order valence-corrected chi connectivity index (χ1v) is 10.1. The maximum Gasteiger partial charge on any atom is 0.393 e. The van der Waals surface area contributed by atoms with Crippen molar-refractivity contribution in [1.29, 1.82) is 0 Å². The maximum absolute atomic E-state index is 15.2. The Morgan fingerprint density at radius 3 is 2.55 bits per heavy atom. The van der Waals surface area contributed by atoms with E-state index in [0.29, 0.717) is 6.08 Å². The van der Waals surface area contributed by atoms with Gasteiger partial charge >= 0.3 is 11.9 Å². The number of alkyl halides is 3. The van der Waals surface area contributed by atoms with Crippen LogP contribution in [0.2, 0.25) is 5.02 Å². The number of aliphatic hydroxyl groups is 1. The third-order valence-electron chi connectivity index (χ3n) is 4.95. The van der Waals surface area contributed by atoms with Gasteiger partial charge in [-0.2, -0.15) is 17.9 Å². The van der Waals surface area contributed by atoms with E-state index in [-0.39, 0.29) is 28.8 Å². The summed E-state index contributed by atoms with van der Waals surface area (Å²) < 4.78 is 71.8. The Balaban J connectivity index is 2.21. The molecule has 0 aliphatic rings.